The molecule has 0 aliphatic heterocycles. The van der Waals surface area contributed by atoms with Crippen LogP contribution in [0.4, 0.5) is 4.39 Å². The molecular formula is C18H16FNO3. The Bertz CT molecular complexity index is 824. The Morgan fingerprint density at radius 1 is 1.13 bits per heavy atom. The quantitative estimate of drug-likeness (QED) is 0.675. The molecule has 0 unspecified atom stereocenters. The fraction of sp³-hybridized carbons (Fsp3) is 0.167. The number of ether oxygens (including phenoxy) is 2. The highest BCUT2D eigenvalue weighted by molar-refractivity contribution is 5.94. The molecule has 1 heterocycles. The first-order chi connectivity index (χ1) is 11.2. The Balaban J connectivity index is 1.72. The van der Waals surface area contributed by atoms with Crippen molar-refractivity contribution in [3.05, 3.63) is 66.1 Å². The average molecular weight is 313 g/mol. The molecule has 0 aliphatic rings. The van der Waals surface area contributed by atoms with E-state index in [-0.39, 0.29) is 11.8 Å². The average Bonchev–Trinajstić information content (AvgIpc) is 2.98. The number of carbonyl (C=O) groups excluding carboxylic acids is 1. The molecule has 0 saturated carbocycles. The van der Waals surface area contributed by atoms with Gasteiger partial charge in [-0.15, -0.1) is 0 Å². The summed E-state index contributed by atoms with van der Waals surface area (Å²) in [6.45, 7) is 1.06. The van der Waals surface area contributed by atoms with Crippen LogP contribution in [0, 0.1) is 5.82 Å². The van der Waals surface area contributed by atoms with Crippen LogP contribution in [-0.2, 0) is 11.3 Å². The van der Waals surface area contributed by atoms with Crippen LogP contribution in [0.3, 0.4) is 0 Å². The predicted octanol–water partition coefficient (Wildman–Crippen LogP) is 3.65. The van der Waals surface area contributed by atoms with E-state index in [1.807, 2.05) is 22.9 Å². The number of fused-ring (bicyclic) bond motifs is 1. The molecule has 0 atom stereocenters. The number of nitrogens with zero attached hydrogens (tertiary/aromatic N) is 1. The molecule has 1 aromatic heterocycles. The van der Waals surface area contributed by atoms with Gasteiger partial charge in [0.1, 0.15) is 18.2 Å². The number of benzene rings is 2. The zero-order chi connectivity index (χ0) is 16.2. The van der Waals surface area contributed by atoms with Crippen molar-refractivity contribution >= 4 is 16.9 Å². The summed E-state index contributed by atoms with van der Waals surface area (Å²) in [5, 5.41) is 1.04. The van der Waals surface area contributed by atoms with Gasteiger partial charge in [0.2, 0.25) is 0 Å². The van der Waals surface area contributed by atoms with E-state index in [2.05, 4.69) is 0 Å². The zero-order valence-corrected chi connectivity index (χ0v) is 12.7. The first-order valence-electron chi connectivity index (χ1n) is 7.23. The molecule has 3 rings (SSSR count). The van der Waals surface area contributed by atoms with Crippen LogP contribution in [0.25, 0.3) is 10.9 Å². The van der Waals surface area contributed by atoms with Gasteiger partial charge in [-0.05, 0) is 47.9 Å². The van der Waals surface area contributed by atoms with Crippen molar-refractivity contribution in [3.8, 4) is 5.75 Å². The summed E-state index contributed by atoms with van der Waals surface area (Å²) in [5.74, 6) is -0.0237. The fourth-order valence-corrected chi connectivity index (χ4v) is 2.42. The molecular weight excluding hydrogens is 297 g/mol. The van der Waals surface area contributed by atoms with Crippen molar-refractivity contribution in [1.29, 1.82) is 0 Å². The van der Waals surface area contributed by atoms with E-state index in [1.165, 1.54) is 19.2 Å². The lowest BCUT2D eigenvalue weighted by molar-refractivity contribution is 0.0601. The van der Waals surface area contributed by atoms with Gasteiger partial charge in [-0.25, -0.2) is 9.18 Å². The Labute approximate surface area is 133 Å². The Kier molecular flexibility index (Phi) is 4.28. The van der Waals surface area contributed by atoms with E-state index in [4.69, 9.17) is 9.47 Å². The van der Waals surface area contributed by atoms with Crippen molar-refractivity contribution < 1.29 is 18.7 Å². The number of hydrogen-bond donors (Lipinski definition) is 0. The summed E-state index contributed by atoms with van der Waals surface area (Å²) in [5.41, 5.74) is 1.45. The van der Waals surface area contributed by atoms with Gasteiger partial charge < -0.3 is 14.0 Å². The number of halogens is 1. The molecule has 0 radical (unpaired) electrons. The van der Waals surface area contributed by atoms with Crippen molar-refractivity contribution in [3.63, 3.8) is 0 Å². The standard InChI is InChI=1S/C18H16FNO3/c1-22-18(21)14-3-2-13-8-9-20(17(13)12-14)10-11-23-16-6-4-15(19)5-7-16/h2-9,12H,10-11H2,1H3. The van der Waals surface area contributed by atoms with E-state index in [0.29, 0.717) is 24.5 Å². The highest BCUT2D eigenvalue weighted by Crippen LogP contribution is 2.19. The maximum atomic E-state index is 12.8. The fourth-order valence-electron chi connectivity index (χ4n) is 2.42. The van der Waals surface area contributed by atoms with Crippen LogP contribution in [0.2, 0.25) is 0 Å². The van der Waals surface area contributed by atoms with Crippen LogP contribution in [0.15, 0.2) is 54.7 Å². The summed E-state index contributed by atoms with van der Waals surface area (Å²) < 4.78 is 25.2. The minimum absolute atomic E-state index is 0.288. The number of esters is 1. The van der Waals surface area contributed by atoms with E-state index in [9.17, 15) is 9.18 Å². The van der Waals surface area contributed by atoms with Crippen LogP contribution >= 0.6 is 0 Å². The minimum Gasteiger partial charge on any atom is -0.492 e. The predicted molar refractivity (Wildman–Crippen MR) is 85.2 cm³/mol. The van der Waals surface area contributed by atoms with Gasteiger partial charge in [-0.3, -0.25) is 0 Å². The maximum Gasteiger partial charge on any atom is 0.337 e. The highest BCUT2D eigenvalue weighted by Gasteiger charge is 2.08. The Morgan fingerprint density at radius 2 is 1.91 bits per heavy atom. The van der Waals surface area contributed by atoms with E-state index in [0.717, 1.165) is 10.9 Å². The third kappa shape index (κ3) is 3.34. The van der Waals surface area contributed by atoms with Crippen LogP contribution < -0.4 is 4.74 Å². The van der Waals surface area contributed by atoms with Gasteiger partial charge in [-0.2, -0.15) is 0 Å². The molecule has 0 bridgehead atoms. The summed E-state index contributed by atoms with van der Waals surface area (Å²) in [7, 11) is 1.36. The largest absolute Gasteiger partial charge is 0.492 e. The van der Waals surface area contributed by atoms with Gasteiger partial charge >= 0.3 is 5.97 Å². The topological polar surface area (TPSA) is 40.5 Å². The number of methoxy groups -OCH3 is 1. The third-order valence-electron chi connectivity index (χ3n) is 3.61. The number of aromatic nitrogens is 1. The van der Waals surface area contributed by atoms with Crippen molar-refractivity contribution in [2.24, 2.45) is 0 Å². The van der Waals surface area contributed by atoms with Crippen molar-refractivity contribution in [2.45, 2.75) is 6.54 Å². The van der Waals surface area contributed by atoms with E-state index in [1.54, 1.807) is 24.3 Å². The normalized spacial score (nSPS) is 10.7. The molecule has 0 spiro atoms. The second-order valence-electron chi connectivity index (χ2n) is 5.08. The highest BCUT2D eigenvalue weighted by atomic mass is 19.1. The lowest BCUT2D eigenvalue weighted by Crippen LogP contribution is -2.08. The smallest absolute Gasteiger partial charge is 0.337 e. The lowest BCUT2D eigenvalue weighted by atomic mass is 10.1. The SMILES string of the molecule is COC(=O)c1ccc2ccn(CCOc3ccc(F)cc3)c2c1. The molecule has 3 aromatic rings. The van der Waals surface area contributed by atoms with Crippen LogP contribution in [0.5, 0.6) is 5.75 Å². The first-order valence-corrected chi connectivity index (χ1v) is 7.23. The van der Waals surface area contributed by atoms with Gasteiger partial charge in [0.05, 0.1) is 19.2 Å². The molecule has 4 nitrogen and oxygen atoms in total. The van der Waals surface area contributed by atoms with Crippen molar-refractivity contribution in [2.75, 3.05) is 13.7 Å². The third-order valence-corrected chi connectivity index (χ3v) is 3.61. The number of rotatable bonds is 5. The second-order valence-corrected chi connectivity index (χ2v) is 5.08. The number of carbonyl (C=O) groups is 1. The van der Waals surface area contributed by atoms with Gasteiger partial charge in [0.15, 0.2) is 0 Å². The zero-order valence-electron chi connectivity index (χ0n) is 12.7. The Morgan fingerprint density at radius 3 is 2.65 bits per heavy atom. The molecule has 2 aromatic carbocycles. The first kappa shape index (κ1) is 15.1. The van der Waals surface area contributed by atoms with E-state index >= 15 is 0 Å². The molecule has 118 valence electrons. The molecule has 0 saturated heterocycles. The summed E-state index contributed by atoms with van der Waals surface area (Å²) >= 11 is 0. The Hall–Kier alpha value is -2.82. The van der Waals surface area contributed by atoms with Gasteiger partial charge in [-0.1, -0.05) is 6.07 Å². The van der Waals surface area contributed by atoms with Crippen LogP contribution in [0.1, 0.15) is 10.4 Å². The molecule has 0 aliphatic carbocycles. The monoisotopic (exact) mass is 313 g/mol. The summed E-state index contributed by atoms with van der Waals surface area (Å²) in [6, 6.07) is 13.3. The van der Waals surface area contributed by atoms with Crippen LogP contribution in [-0.4, -0.2) is 24.3 Å². The molecule has 5 heteroatoms. The van der Waals surface area contributed by atoms with Gasteiger partial charge in [0.25, 0.3) is 0 Å². The van der Waals surface area contributed by atoms with Gasteiger partial charge in [0, 0.05) is 11.7 Å². The van der Waals surface area contributed by atoms with Crippen molar-refractivity contribution in [1.82, 2.24) is 4.57 Å². The minimum atomic E-state index is -0.359. The molecule has 0 N–H and O–H groups in total. The molecule has 0 amide bonds. The lowest BCUT2D eigenvalue weighted by Gasteiger charge is -2.09. The summed E-state index contributed by atoms with van der Waals surface area (Å²) in [6.07, 6.45) is 1.94. The molecule has 23 heavy (non-hydrogen) atoms. The summed E-state index contributed by atoms with van der Waals surface area (Å²) in [4.78, 5) is 11.6. The maximum absolute atomic E-state index is 12.8. The second kappa shape index (κ2) is 6.52. The molecule has 0 fully saturated rings. The van der Waals surface area contributed by atoms with E-state index < -0.39 is 0 Å². The number of hydrogen-bond acceptors (Lipinski definition) is 3.